The van der Waals surface area contributed by atoms with Gasteiger partial charge < -0.3 is 5.11 Å². The van der Waals surface area contributed by atoms with Gasteiger partial charge in [-0.15, -0.1) is 0 Å². The van der Waals surface area contributed by atoms with Gasteiger partial charge in [0.25, 0.3) is 0 Å². The van der Waals surface area contributed by atoms with Gasteiger partial charge in [-0.25, -0.2) is 12.7 Å². The minimum atomic E-state index is -3.47. The van der Waals surface area contributed by atoms with Crippen LogP contribution in [0, 0.1) is 17.8 Å². The van der Waals surface area contributed by atoms with Crippen LogP contribution in [0.4, 0.5) is 0 Å². The van der Waals surface area contributed by atoms with E-state index in [9.17, 15) is 13.2 Å². The smallest absolute Gasteiger partial charge is 0.307 e. The van der Waals surface area contributed by atoms with Crippen LogP contribution in [-0.2, 0) is 14.8 Å². The third-order valence-electron chi connectivity index (χ3n) is 4.35. The van der Waals surface area contributed by atoms with E-state index in [0.717, 1.165) is 6.42 Å². The lowest BCUT2D eigenvalue weighted by Gasteiger charge is -2.36. The molecule has 0 bridgehead atoms. The number of nitrogens with zero attached hydrogens (tertiary/aromatic N) is 1. The van der Waals surface area contributed by atoms with Crippen LogP contribution in [0.1, 0.15) is 39.5 Å². The second-order valence-corrected chi connectivity index (χ2v) is 8.37. The van der Waals surface area contributed by atoms with Crippen molar-refractivity contribution in [2.75, 3.05) is 13.1 Å². The lowest BCUT2D eigenvalue weighted by Crippen LogP contribution is -2.48. The van der Waals surface area contributed by atoms with Gasteiger partial charge in [0, 0.05) is 13.1 Å². The zero-order valence-electron chi connectivity index (χ0n) is 11.6. The van der Waals surface area contributed by atoms with Crippen LogP contribution < -0.4 is 0 Å². The Morgan fingerprint density at radius 1 is 1.16 bits per heavy atom. The first-order valence-corrected chi connectivity index (χ1v) is 8.54. The molecule has 5 nitrogen and oxygen atoms in total. The van der Waals surface area contributed by atoms with Crippen molar-refractivity contribution in [2.45, 2.75) is 44.8 Å². The summed E-state index contributed by atoms with van der Waals surface area (Å²) in [5.41, 5.74) is 0. The molecule has 1 heterocycles. The van der Waals surface area contributed by atoms with Gasteiger partial charge in [-0.1, -0.05) is 20.3 Å². The highest BCUT2D eigenvalue weighted by Crippen LogP contribution is 2.35. The molecule has 0 amide bonds. The second kappa shape index (κ2) is 5.40. The van der Waals surface area contributed by atoms with Gasteiger partial charge in [0.05, 0.1) is 11.2 Å². The summed E-state index contributed by atoms with van der Waals surface area (Å²) in [7, 11) is -3.47. The molecule has 6 heteroatoms. The molecule has 4 atom stereocenters. The average molecular weight is 289 g/mol. The number of carboxylic acids is 1. The summed E-state index contributed by atoms with van der Waals surface area (Å²) in [6.45, 7) is 5.19. The molecule has 0 spiro atoms. The predicted molar refractivity (Wildman–Crippen MR) is 72.2 cm³/mol. The molecule has 110 valence electrons. The molecule has 0 aromatic carbocycles. The summed E-state index contributed by atoms with van der Waals surface area (Å²) in [5.74, 6) is -0.992. The summed E-state index contributed by atoms with van der Waals surface area (Å²) >= 11 is 0. The van der Waals surface area contributed by atoms with Crippen LogP contribution in [0.25, 0.3) is 0 Å². The number of carbonyl (C=O) groups is 1. The first-order valence-electron chi connectivity index (χ1n) is 7.04. The standard InChI is InChI=1S/C13H23NO4S/c1-9-6-10(2)8-14(7-9)19(17,18)12-5-3-4-11(12)13(15)16/h9-12H,3-8H2,1-2H3,(H,15,16). The van der Waals surface area contributed by atoms with Crippen molar-refractivity contribution < 1.29 is 18.3 Å². The van der Waals surface area contributed by atoms with E-state index in [1.807, 2.05) is 0 Å². The molecule has 1 saturated carbocycles. The van der Waals surface area contributed by atoms with Crippen LogP contribution in [0.2, 0.25) is 0 Å². The van der Waals surface area contributed by atoms with Gasteiger partial charge in [0.15, 0.2) is 0 Å². The highest BCUT2D eigenvalue weighted by atomic mass is 32.2. The highest BCUT2D eigenvalue weighted by molar-refractivity contribution is 7.89. The molecular formula is C13H23NO4S. The fraction of sp³-hybridized carbons (Fsp3) is 0.923. The molecule has 2 aliphatic rings. The SMILES string of the molecule is CC1CC(C)CN(S(=O)(=O)C2CCCC2C(=O)O)C1. The molecule has 1 aliphatic heterocycles. The quantitative estimate of drug-likeness (QED) is 0.855. The van der Waals surface area contributed by atoms with E-state index >= 15 is 0 Å². The van der Waals surface area contributed by atoms with Gasteiger partial charge in [0.2, 0.25) is 10.0 Å². The van der Waals surface area contributed by atoms with Crippen molar-refractivity contribution in [1.82, 2.24) is 4.31 Å². The minimum absolute atomic E-state index is 0.350. The van der Waals surface area contributed by atoms with E-state index in [1.54, 1.807) is 0 Å². The molecule has 1 aliphatic carbocycles. The molecule has 0 aromatic rings. The third kappa shape index (κ3) is 2.94. The topological polar surface area (TPSA) is 74.7 Å². The Labute approximate surface area is 115 Å². The Hall–Kier alpha value is -0.620. The second-order valence-electron chi connectivity index (χ2n) is 6.22. The molecule has 1 saturated heterocycles. The van der Waals surface area contributed by atoms with Crippen molar-refractivity contribution in [3.8, 4) is 0 Å². The van der Waals surface area contributed by atoms with E-state index in [2.05, 4.69) is 13.8 Å². The Morgan fingerprint density at radius 3 is 2.26 bits per heavy atom. The molecule has 1 N–H and O–H groups in total. The molecule has 0 radical (unpaired) electrons. The van der Waals surface area contributed by atoms with E-state index < -0.39 is 27.2 Å². The van der Waals surface area contributed by atoms with Gasteiger partial charge in [-0.3, -0.25) is 4.79 Å². The monoisotopic (exact) mass is 289 g/mol. The largest absolute Gasteiger partial charge is 0.481 e. The zero-order valence-corrected chi connectivity index (χ0v) is 12.4. The van der Waals surface area contributed by atoms with E-state index in [1.165, 1.54) is 4.31 Å². The maximum absolute atomic E-state index is 12.7. The molecular weight excluding hydrogens is 266 g/mol. The maximum Gasteiger partial charge on any atom is 0.307 e. The first-order chi connectivity index (χ1) is 8.82. The average Bonchev–Trinajstić information content (AvgIpc) is 2.76. The zero-order chi connectivity index (χ0) is 14.2. The van der Waals surface area contributed by atoms with Gasteiger partial charge in [-0.05, 0) is 31.1 Å². The van der Waals surface area contributed by atoms with Crippen LogP contribution >= 0.6 is 0 Å². The normalized spacial score (nSPS) is 37.4. The minimum Gasteiger partial charge on any atom is -0.481 e. The van der Waals surface area contributed by atoms with Crippen LogP contribution in [0.5, 0.6) is 0 Å². The fourth-order valence-electron chi connectivity index (χ4n) is 3.57. The molecule has 2 fully saturated rings. The highest BCUT2D eigenvalue weighted by Gasteiger charge is 2.45. The molecule has 0 aromatic heterocycles. The van der Waals surface area contributed by atoms with Crippen LogP contribution in [-0.4, -0.2) is 42.1 Å². The summed E-state index contributed by atoms with van der Waals surface area (Å²) in [6, 6.07) is 0. The fourth-order valence-corrected chi connectivity index (χ4v) is 6.01. The number of rotatable bonds is 3. The summed E-state index contributed by atoms with van der Waals surface area (Å²) in [4.78, 5) is 11.2. The Kier molecular flexibility index (Phi) is 4.20. The van der Waals surface area contributed by atoms with Gasteiger partial charge >= 0.3 is 5.97 Å². The van der Waals surface area contributed by atoms with E-state index in [4.69, 9.17) is 5.11 Å². The number of sulfonamides is 1. The Morgan fingerprint density at radius 2 is 1.74 bits per heavy atom. The van der Waals surface area contributed by atoms with Gasteiger partial charge in [-0.2, -0.15) is 0 Å². The maximum atomic E-state index is 12.7. The first kappa shape index (κ1) is 14.8. The third-order valence-corrected chi connectivity index (χ3v) is 6.69. The van der Waals surface area contributed by atoms with Gasteiger partial charge in [0.1, 0.15) is 0 Å². The van der Waals surface area contributed by atoms with Crippen molar-refractivity contribution in [2.24, 2.45) is 17.8 Å². The lowest BCUT2D eigenvalue weighted by molar-refractivity contribution is -0.141. The van der Waals surface area contributed by atoms with E-state index in [0.29, 0.717) is 44.2 Å². The molecule has 2 rings (SSSR count). The van der Waals surface area contributed by atoms with E-state index in [-0.39, 0.29) is 0 Å². The van der Waals surface area contributed by atoms with Crippen LogP contribution in [0.15, 0.2) is 0 Å². The number of piperidine rings is 1. The number of carboxylic acid groups (broad SMARTS) is 1. The molecule has 4 unspecified atom stereocenters. The molecule has 19 heavy (non-hydrogen) atoms. The van der Waals surface area contributed by atoms with Crippen LogP contribution in [0.3, 0.4) is 0 Å². The van der Waals surface area contributed by atoms with Crippen molar-refractivity contribution >= 4 is 16.0 Å². The van der Waals surface area contributed by atoms with Crippen molar-refractivity contribution in [1.29, 1.82) is 0 Å². The van der Waals surface area contributed by atoms with Crippen molar-refractivity contribution in [3.05, 3.63) is 0 Å². The van der Waals surface area contributed by atoms with Crippen molar-refractivity contribution in [3.63, 3.8) is 0 Å². The summed E-state index contributed by atoms with van der Waals surface area (Å²) in [6.07, 6.45) is 2.70. The number of hydrogen-bond donors (Lipinski definition) is 1. The Balaban J connectivity index is 2.19. The number of hydrogen-bond acceptors (Lipinski definition) is 3. The number of aliphatic carboxylic acids is 1. The summed E-state index contributed by atoms with van der Waals surface area (Å²) < 4.78 is 26.9. The summed E-state index contributed by atoms with van der Waals surface area (Å²) in [5, 5.41) is 8.45. The predicted octanol–water partition coefficient (Wildman–Crippen LogP) is 1.55. The lowest BCUT2D eigenvalue weighted by atomic mass is 9.94. The Bertz CT molecular complexity index is 438.